The summed E-state index contributed by atoms with van der Waals surface area (Å²) < 4.78 is 13.4. The van der Waals surface area contributed by atoms with Crippen LogP contribution in [0.4, 0.5) is 10.1 Å². The Morgan fingerprint density at radius 1 is 1.26 bits per heavy atom. The molecule has 2 aromatic rings. The molecule has 0 radical (unpaired) electrons. The highest BCUT2D eigenvalue weighted by molar-refractivity contribution is 5.98. The molecule has 1 aromatic carbocycles. The van der Waals surface area contributed by atoms with Gasteiger partial charge in [-0.15, -0.1) is 0 Å². The van der Waals surface area contributed by atoms with Gasteiger partial charge in [0, 0.05) is 11.9 Å². The van der Waals surface area contributed by atoms with Crippen LogP contribution in [0.2, 0.25) is 0 Å². The van der Waals surface area contributed by atoms with Gasteiger partial charge in [0.1, 0.15) is 11.4 Å². The molecule has 2 rings (SSSR count). The first-order valence-corrected chi connectivity index (χ1v) is 6.53. The summed E-state index contributed by atoms with van der Waals surface area (Å²) in [6.07, 6.45) is 0.948. The highest BCUT2D eigenvalue weighted by Crippen LogP contribution is 2.13. The van der Waals surface area contributed by atoms with Crippen molar-refractivity contribution in [3.63, 3.8) is 0 Å². The lowest BCUT2D eigenvalue weighted by Crippen LogP contribution is -2.37. The number of aromatic nitrogens is 2. The summed E-state index contributed by atoms with van der Waals surface area (Å²) in [5, 5.41) is 4.62. The summed E-state index contributed by atoms with van der Waals surface area (Å²) in [4.78, 5) is 49.7. The van der Waals surface area contributed by atoms with Crippen LogP contribution >= 0.6 is 0 Å². The fourth-order valence-electron chi connectivity index (χ4n) is 1.71. The Labute approximate surface area is 128 Å². The van der Waals surface area contributed by atoms with Gasteiger partial charge in [-0.1, -0.05) is 6.07 Å². The van der Waals surface area contributed by atoms with Crippen molar-refractivity contribution in [1.82, 2.24) is 15.3 Å². The van der Waals surface area contributed by atoms with Gasteiger partial charge in [-0.2, -0.15) is 0 Å². The highest BCUT2D eigenvalue weighted by atomic mass is 19.1. The number of aryl methyl sites for hydroxylation is 1. The second kappa shape index (κ2) is 6.69. The van der Waals surface area contributed by atoms with Crippen LogP contribution in [0.1, 0.15) is 15.9 Å². The van der Waals surface area contributed by atoms with Gasteiger partial charge < -0.3 is 15.6 Å². The Bertz CT molecular complexity index is 872. The first-order valence-electron chi connectivity index (χ1n) is 6.53. The number of halogens is 1. The van der Waals surface area contributed by atoms with E-state index in [9.17, 15) is 23.6 Å². The maximum Gasteiger partial charge on any atom is 0.325 e. The van der Waals surface area contributed by atoms with Crippen LogP contribution in [0, 0.1) is 12.7 Å². The summed E-state index contributed by atoms with van der Waals surface area (Å²) in [6, 6.07) is 4.18. The Hall–Kier alpha value is -3.23. The molecule has 1 heterocycles. The van der Waals surface area contributed by atoms with E-state index < -0.39 is 35.4 Å². The quantitative estimate of drug-likeness (QED) is 0.627. The van der Waals surface area contributed by atoms with Gasteiger partial charge in [0.15, 0.2) is 0 Å². The van der Waals surface area contributed by atoms with Gasteiger partial charge in [-0.3, -0.25) is 19.4 Å². The van der Waals surface area contributed by atoms with Crippen LogP contribution in [0.3, 0.4) is 0 Å². The second-order valence-corrected chi connectivity index (χ2v) is 4.68. The second-order valence-electron chi connectivity index (χ2n) is 4.68. The molecule has 0 aliphatic carbocycles. The van der Waals surface area contributed by atoms with Crippen molar-refractivity contribution in [3.05, 3.63) is 62.2 Å². The van der Waals surface area contributed by atoms with E-state index in [4.69, 9.17) is 0 Å². The summed E-state index contributed by atoms with van der Waals surface area (Å²) in [5.74, 6) is -1.89. The van der Waals surface area contributed by atoms with Gasteiger partial charge in [-0.05, 0) is 24.6 Å². The van der Waals surface area contributed by atoms with Crippen molar-refractivity contribution in [3.8, 4) is 0 Å². The molecule has 0 bridgehead atoms. The molecule has 23 heavy (non-hydrogen) atoms. The van der Waals surface area contributed by atoms with Crippen LogP contribution in [-0.4, -0.2) is 28.3 Å². The van der Waals surface area contributed by atoms with E-state index in [2.05, 4.69) is 15.6 Å². The Morgan fingerprint density at radius 3 is 2.65 bits per heavy atom. The summed E-state index contributed by atoms with van der Waals surface area (Å²) >= 11 is 0. The molecule has 0 saturated carbocycles. The first-order chi connectivity index (χ1) is 10.9. The van der Waals surface area contributed by atoms with Gasteiger partial charge in [-0.25, -0.2) is 9.18 Å². The van der Waals surface area contributed by atoms with Gasteiger partial charge in [0.2, 0.25) is 5.91 Å². The molecule has 0 unspecified atom stereocenters. The minimum atomic E-state index is -0.868. The number of rotatable bonds is 4. The van der Waals surface area contributed by atoms with Crippen LogP contribution in [0.15, 0.2) is 34.0 Å². The number of benzene rings is 1. The molecule has 4 N–H and O–H groups in total. The molecule has 0 fully saturated rings. The lowest BCUT2D eigenvalue weighted by Gasteiger charge is -2.07. The minimum absolute atomic E-state index is 0.245. The highest BCUT2D eigenvalue weighted by Gasteiger charge is 2.12. The molecule has 9 heteroatoms. The lowest BCUT2D eigenvalue weighted by molar-refractivity contribution is -0.115. The average molecular weight is 320 g/mol. The van der Waals surface area contributed by atoms with E-state index in [1.54, 1.807) is 6.92 Å². The average Bonchev–Trinajstić information content (AvgIpc) is 2.48. The Morgan fingerprint density at radius 2 is 2.00 bits per heavy atom. The largest absolute Gasteiger partial charge is 0.343 e. The third kappa shape index (κ3) is 4.13. The number of nitrogens with one attached hydrogen (secondary N) is 4. The van der Waals surface area contributed by atoms with E-state index in [1.165, 1.54) is 12.1 Å². The number of carbonyl (C=O) groups excluding carboxylic acids is 2. The van der Waals surface area contributed by atoms with Crippen LogP contribution in [0.25, 0.3) is 0 Å². The van der Waals surface area contributed by atoms with Crippen LogP contribution in [-0.2, 0) is 4.79 Å². The summed E-state index contributed by atoms with van der Waals surface area (Å²) in [5.41, 5.74) is -1.26. The number of hydrogen-bond donors (Lipinski definition) is 4. The number of carbonyl (C=O) groups is 2. The minimum Gasteiger partial charge on any atom is -0.343 e. The Kier molecular flexibility index (Phi) is 4.69. The standard InChI is InChI=1S/C14H13FN4O4/c1-7-2-3-8(4-10(7)15)18-11(20)6-16-12(21)9-5-17-14(23)19-13(9)22/h2-5H,6H2,1H3,(H,16,21)(H,18,20)(H2,17,19,22,23). The van der Waals surface area contributed by atoms with Gasteiger partial charge in [0.05, 0.1) is 6.54 Å². The smallest absolute Gasteiger partial charge is 0.325 e. The zero-order valence-corrected chi connectivity index (χ0v) is 12.0. The van der Waals surface area contributed by atoms with Gasteiger partial charge >= 0.3 is 5.69 Å². The van der Waals surface area contributed by atoms with Crippen molar-refractivity contribution in [2.24, 2.45) is 0 Å². The molecule has 0 atom stereocenters. The lowest BCUT2D eigenvalue weighted by atomic mass is 10.2. The Balaban J connectivity index is 1.95. The summed E-state index contributed by atoms with van der Waals surface area (Å²) in [6.45, 7) is 1.16. The molecule has 0 aliphatic rings. The van der Waals surface area contributed by atoms with Crippen molar-refractivity contribution >= 4 is 17.5 Å². The predicted molar refractivity (Wildman–Crippen MR) is 79.8 cm³/mol. The SMILES string of the molecule is Cc1ccc(NC(=O)CNC(=O)c2c[nH]c(=O)[nH]c2=O)cc1F. The van der Waals surface area contributed by atoms with E-state index in [0.717, 1.165) is 12.3 Å². The molecular weight excluding hydrogens is 307 g/mol. The number of hydrogen-bond acceptors (Lipinski definition) is 4. The third-order valence-corrected chi connectivity index (χ3v) is 2.93. The zero-order chi connectivity index (χ0) is 17.0. The van der Waals surface area contributed by atoms with Crippen LogP contribution < -0.4 is 21.9 Å². The maximum atomic E-state index is 13.4. The number of H-pyrrole nitrogens is 2. The molecule has 0 spiro atoms. The topological polar surface area (TPSA) is 124 Å². The van der Waals surface area contributed by atoms with E-state index in [1.807, 2.05) is 4.98 Å². The van der Waals surface area contributed by atoms with Crippen molar-refractivity contribution in [2.75, 3.05) is 11.9 Å². The number of aromatic amines is 2. The third-order valence-electron chi connectivity index (χ3n) is 2.93. The zero-order valence-electron chi connectivity index (χ0n) is 12.0. The monoisotopic (exact) mass is 320 g/mol. The van der Waals surface area contributed by atoms with Crippen molar-refractivity contribution < 1.29 is 14.0 Å². The fraction of sp³-hybridized carbons (Fsp3) is 0.143. The van der Waals surface area contributed by atoms with Gasteiger partial charge in [0.25, 0.3) is 11.5 Å². The molecule has 0 saturated heterocycles. The van der Waals surface area contributed by atoms with E-state index in [-0.39, 0.29) is 11.3 Å². The number of amides is 2. The molecule has 2 amide bonds. The fourth-order valence-corrected chi connectivity index (χ4v) is 1.71. The molecule has 1 aromatic heterocycles. The first kappa shape index (κ1) is 16.1. The summed E-state index contributed by atoms with van der Waals surface area (Å²) in [7, 11) is 0. The number of anilines is 1. The molecular formula is C14H13FN4O4. The van der Waals surface area contributed by atoms with Crippen molar-refractivity contribution in [1.29, 1.82) is 0 Å². The molecule has 8 nitrogen and oxygen atoms in total. The molecule has 0 aliphatic heterocycles. The van der Waals surface area contributed by atoms with Crippen molar-refractivity contribution in [2.45, 2.75) is 6.92 Å². The molecule has 120 valence electrons. The van der Waals surface area contributed by atoms with Crippen LogP contribution in [0.5, 0.6) is 0 Å². The van der Waals surface area contributed by atoms with E-state index in [0.29, 0.717) is 5.56 Å². The normalized spacial score (nSPS) is 10.2. The maximum absolute atomic E-state index is 13.4. The van der Waals surface area contributed by atoms with E-state index >= 15 is 0 Å². The predicted octanol–water partition coefficient (Wildman–Crippen LogP) is -0.121.